The predicted octanol–water partition coefficient (Wildman–Crippen LogP) is 5.94. The van der Waals surface area contributed by atoms with Crippen LogP contribution in [0.5, 0.6) is 11.5 Å². The Labute approximate surface area is 310 Å². The molecule has 7 rings (SSSR count). The van der Waals surface area contributed by atoms with Crippen LogP contribution in [0.3, 0.4) is 0 Å². The zero-order valence-corrected chi connectivity index (χ0v) is 29.7. The standard InChI is InChI=1S/C36H30ClF3N6O6S/c1-50-34(47)19-3-8-29(26(40)13-19)52-22-5-7-28(25(39)15-22)46-17-21-16-44(10-11-45(21)36(46)49)18-27-30(35(48)51-2)31(23-6-4-20(38)14-24(23)37)43-32(42-27)33-41-9-12-53-33/h3-9,12-15,21,31H,10-11,16-18H2,1-2H3,(H,42,43). The van der Waals surface area contributed by atoms with Crippen molar-refractivity contribution in [2.24, 2.45) is 4.99 Å². The van der Waals surface area contributed by atoms with E-state index in [9.17, 15) is 23.2 Å². The van der Waals surface area contributed by atoms with Gasteiger partial charge >= 0.3 is 18.0 Å². The van der Waals surface area contributed by atoms with Crippen molar-refractivity contribution in [3.8, 4) is 11.5 Å². The van der Waals surface area contributed by atoms with Crippen molar-refractivity contribution in [1.82, 2.24) is 20.1 Å². The molecule has 3 aromatic carbocycles. The molecule has 0 spiro atoms. The van der Waals surface area contributed by atoms with Gasteiger partial charge in [0.15, 0.2) is 28.2 Å². The molecule has 274 valence electrons. The molecule has 12 nitrogen and oxygen atoms in total. The van der Waals surface area contributed by atoms with E-state index in [1.165, 1.54) is 66.9 Å². The lowest BCUT2D eigenvalue weighted by Crippen LogP contribution is -2.53. The number of thiazole rings is 1. The highest BCUT2D eigenvalue weighted by Gasteiger charge is 2.43. The Kier molecular flexibility index (Phi) is 10.1. The quantitative estimate of drug-likeness (QED) is 0.206. The summed E-state index contributed by atoms with van der Waals surface area (Å²) in [5.74, 6) is -3.34. The van der Waals surface area contributed by atoms with E-state index in [0.29, 0.717) is 41.7 Å². The van der Waals surface area contributed by atoms with Crippen LogP contribution in [0.2, 0.25) is 5.02 Å². The maximum absolute atomic E-state index is 15.5. The van der Waals surface area contributed by atoms with Gasteiger partial charge in [-0.05, 0) is 42.5 Å². The molecule has 4 aromatic rings. The largest absolute Gasteiger partial charge is 0.466 e. The van der Waals surface area contributed by atoms with Crippen LogP contribution in [0.1, 0.15) is 27.0 Å². The number of halogens is 4. The van der Waals surface area contributed by atoms with Gasteiger partial charge in [0, 0.05) is 66.7 Å². The molecule has 3 aliphatic heterocycles. The minimum atomic E-state index is -0.929. The van der Waals surface area contributed by atoms with E-state index in [1.54, 1.807) is 16.5 Å². The normalized spacial score (nSPS) is 18.8. The molecule has 0 bridgehead atoms. The average Bonchev–Trinajstić information content (AvgIpc) is 3.80. The topological polar surface area (TPSA) is 126 Å². The molecule has 1 aromatic heterocycles. The molecule has 2 unspecified atom stereocenters. The minimum Gasteiger partial charge on any atom is -0.466 e. The van der Waals surface area contributed by atoms with Crippen LogP contribution >= 0.6 is 22.9 Å². The van der Waals surface area contributed by atoms with Gasteiger partial charge < -0.3 is 24.4 Å². The number of esters is 2. The van der Waals surface area contributed by atoms with Crippen molar-refractivity contribution in [3.05, 3.63) is 116 Å². The zero-order chi connectivity index (χ0) is 37.4. The Morgan fingerprint density at radius 1 is 0.981 bits per heavy atom. The first-order chi connectivity index (χ1) is 25.5. The number of carbonyl (C=O) groups is 3. The second-order valence-corrected chi connectivity index (χ2v) is 13.5. The number of ether oxygens (including phenoxy) is 3. The van der Waals surface area contributed by atoms with E-state index < -0.39 is 35.4 Å². The molecule has 2 fully saturated rings. The maximum Gasteiger partial charge on any atom is 0.338 e. The number of rotatable bonds is 9. The molecule has 3 aliphatic rings. The van der Waals surface area contributed by atoms with E-state index >= 15 is 4.39 Å². The Morgan fingerprint density at radius 2 is 1.79 bits per heavy atom. The van der Waals surface area contributed by atoms with E-state index in [4.69, 9.17) is 26.1 Å². The van der Waals surface area contributed by atoms with Crippen molar-refractivity contribution < 1.29 is 41.8 Å². The number of hydrogen-bond acceptors (Lipinski definition) is 11. The van der Waals surface area contributed by atoms with Crippen LogP contribution in [0.15, 0.2) is 82.4 Å². The highest BCUT2D eigenvalue weighted by atomic mass is 35.5. The van der Waals surface area contributed by atoms with Crippen molar-refractivity contribution in [2.45, 2.75) is 12.1 Å². The van der Waals surface area contributed by atoms with Crippen LogP contribution in [-0.2, 0) is 14.3 Å². The van der Waals surface area contributed by atoms with Crippen molar-refractivity contribution in [3.63, 3.8) is 0 Å². The number of nitrogens with one attached hydrogen (secondary N) is 1. The fourth-order valence-corrected chi connectivity index (χ4v) is 7.39. The van der Waals surface area contributed by atoms with Gasteiger partial charge in [0.1, 0.15) is 17.6 Å². The van der Waals surface area contributed by atoms with Gasteiger partial charge in [0.25, 0.3) is 0 Å². The molecule has 53 heavy (non-hydrogen) atoms. The Bertz CT molecular complexity index is 2170. The monoisotopic (exact) mass is 766 g/mol. The number of nitrogens with zero attached hydrogens (tertiary/aromatic N) is 5. The van der Waals surface area contributed by atoms with Gasteiger partial charge in [0.05, 0.1) is 37.1 Å². The molecule has 2 amide bonds. The molecule has 4 heterocycles. The molecule has 2 saturated heterocycles. The summed E-state index contributed by atoms with van der Waals surface area (Å²) in [6.07, 6.45) is 1.63. The lowest BCUT2D eigenvalue weighted by Gasteiger charge is -2.38. The molecule has 1 N–H and O–H groups in total. The third kappa shape index (κ3) is 7.17. The zero-order valence-electron chi connectivity index (χ0n) is 28.1. The summed E-state index contributed by atoms with van der Waals surface area (Å²) in [7, 11) is 2.43. The van der Waals surface area contributed by atoms with E-state index in [-0.39, 0.29) is 58.5 Å². The SMILES string of the molecule is COC(=O)C1=C(CN2CCN3C(=O)N(c4ccc(Oc5ccc(C(=O)OC)cc5F)cc4F)CC3C2)NC(c2nccs2)=NC1c1ccc(F)cc1Cl. The number of aromatic nitrogens is 1. The highest BCUT2D eigenvalue weighted by Crippen LogP contribution is 2.38. The molecule has 17 heteroatoms. The highest BCUT2D eigenvalue weighted by molar-refractivity contribution is 7.11. The van der Waals surface area contributed by atoms with Gasteiger partial charge in [-0.2, -0.15) is 0 Å². The van der Waals surface area contributed by atoms with Crippen LogP contribution in [-0.4, -0.2) is 91.6 Å². The molecule has 0 aliphatic carbocycles. The number of anilines is 1. The minimum absolute atomic E-state index is 0.00882. The fourth-order valence-electron chi connectivity index (χ4n) is 6.53. The van der Waals surface area contributed by atoms with Gasteiger partial charge in [-0.25, -0.2) is 32.5 Å². The number of fused-ring (bicyclic) bond motifs is 1. The first-order valence-electron chi connectivity index (χ1n) is 16.2. The smallest absolute Gasteiger partial charge is 0.338 e. The molecule has 2 atom stereocenters. The number of methoxy groups -OCH3 is 2. The summed E-state index contributed by atoms with van der Waals surface area (Å²) in [4.78, 5) is 52.8. The number of amides is 2. The Balaban J connectivity index is 1.10. The van der Waals surface area contributed by atoms with E-state index in [1.807, 2.05) is 0 Å². The summed E-state index contributed by atoms with van der Waals surface area (Å²) < 4.78 is 59.5. The summed E-state index contributed by atoms with van der Waals surface area (Å²) in [5.41, 5.74) is 1.10. The van der Waals surface area contributed by atoms with Gasteiger partial charge in [-0.1, -0.05) is 17.7 Å². The number of hydrogen-bond donors (Lipinski definition) is 1. The fraction of sp³-hybridized carbons (Fsp3) is 0.250. The van der Waals surface area contributed by atoms with Crippen molar-refractivity contribution >= 4 is 52.4 Å². The number of piperazine rings is 1. The van der Waals surface area contributed by atoms with Gasteiger partial charge in [-0.3, -0.25) is 14.8 Å². The van der Waals surface area contributed by atoms with Gasteiger partial charge in [-0.15, -0.1) is 11.3 Å². The van der Waals surface area contributed by atoms with Gasteiger partial charge in [0.2, 0.25) is 0 Å². The number of amidine groups is 1. The third-order valence-corrected chi connectivity index (χ3v) is 10.1. The van der Waals surface area contributed by atoms with E-state index in [2.05, 4.69) is 19.9 Å². The summed E-state index contributed by atoms with van der Waals surface area (Å²) in [5, 5.41) is 5.71. The van der Waals surface area contributed by atoms with Crippen molar-refractivity contribution in [1.29, 1.82) is 0 Å². The summed E-state index contributed by atoms with van der Waals surface area (Å²) >= 11 is 7.82. The third-order valence-electron chi connectivity index (χ3n) is 9.03. The number of carbonyl (C=O) groups excluding carboxylic acids is 3. The van der Waals surface area contributed by atoms with Crippen LogP contribution < -0.4 is 15.0 Å². The molecular formula is C36H30ClF3N6O6S. The second kappa shape index (κ2) is 14.9. The predicted molar refractivity (Wildman–Crippen MR) is 189 cm³/mol. The summed E-state index contributed by atoms with van der Waals surface area (Å²) in [6, 6.07) is 9.63. The number of benzene rings is 3. The van der Waals surface area contributed by atoms with Crippen LogP contribution in [0.25, 0.3) is 0 Å². The molecule has 0 radical (unpaired) electrons. The number of aliphatic imine (C=N–C) groups is 1. The average molecular weight is 767 g/mol. The molecular weight excluding hydrogens is 737 g/mol. The summed E-state index contributed by atoms with van der Waals surface area (Å²) in [6.45, 7) is 1.53. The lowest BCUT2D eigenvalue weighted by atomic mass is 9.95. The van der Waals surface area contributed by atoms with E-state index in [0.717, 1.165) is 18.2 Å². The lowest BCUT2D eigenvalue weighted by molar-refractivity contribution is -0.136. The Morgan fingerprint density at radius 3 is 2.49 bits per heavy atom. The van der Waals surface area contributed by atoms with Crippen LogP contribution in [0, 0.1) is 17.5 Å². The molecule has 0 saturated carbocycles. The first-order valence-corrected chi connectivity index (χ1v) is 17.5. The Hall–Kier alpha value is -5.45. The maximum atomic E-state index is 15.5. The second-order valence-electron chi connectivity index (χ2n) is 12.2. The number of urea groups is 1. The van der Waals surface area contributed by atoms with Crippen LogP contribution in [0.4, 0.5) is 23.7 Å². The van der Waals surface area contributed by atoms with Crippen molar-refractivity contribution in [2.75, 3.05) is 51.8 Å². The first kappa shape index (κ1) is 35.9.